The van der Waals surface area contributed by atoms with Crippen LogP contribution in [0, 0.1) is 0 Å². The molecule has 0 aliphatic rings. The van der Waals surface area contributed by atoms with Crippen molar-refractivity contribution in [3.8, 4) is 0 Å². The van der Waals surface area contributed by atoms with Crippen LogP contribution in [0.25, 0.3) is 0 Å². The van der Waals surface area contributed by atoms with E-state index >= 15 is 0 Å². The van der Waals surface area contributed by atoms with Crippen molar-refractivity contribution in [1.82, 2.24) is 4.31 Å². The predicted octanol–water partition coefficient (Wildman–Crippen LogP) is 1.39. The second kappa shape index (κ2) is 7.53. The van der Waals surface area contributed by atoms with Gasteiger partial charge in [0, 0.05) is 32.2 Å². The van der Waals surface area contributed by atoms with Gasteiger partial charge in [0.2, 0.25) is 15.9 Å². The van der Waals surface area contributed by atoms with Crippen molar-refractivity contribution in [3.05, 3.63) is 24.3 Å². The lowest BCUT2D eigenvalue weighted by Gasteiger charge is -2.13. The van der Waals surface area contributed by atoms with Gasteiger partial charge >= 0.3 is 0 Å². The highest BCUT2D eigenvalue weighted by molar-refractivity contribution is 7.89. The molecule has 1 amide bonds. The van der Waals surface area contributed by atoms with E-state index in [-0.39, 0.29) is 23.3 Å². The van der Waals surface area contributed by atoms with E-state index in [1.165, 1.54) is 26.2 Å². The first kappa shape index (κ1) is 17.6. The van der Waals surface area contributed by atoms with Gasteiger partial charge in [0.1, 0.15) is 0 Å². The fraction of sp³-hybridized carbons (Fsp3) is 0.500. The van der Waals surface area contributed by atoms with Crippen LogP contribution >= 0.6 is 0 Å². The molecule has 0 aliphatic heterocycles. The Labute approximate surface area is 126 Å². The molecular weight excluding hydrogens is 290 g/mol. The third kappa shape index (κ3) is 5.11. The van der Waals surface area contributed by atoms with Gasteiger partial charge in [0.15, 0.2) is 0 Å². The van der Waals surface area contributed by atoms with Crippen molar-refractivity contribution in [1.29, 1.82) is 0 Å². The van der Waals surface area contributed by atoms with Crippen LogP contribution in [0.3, 0.4) is 0 Å². The lowest BCUT2D eigenvalue weighted by molar-refractivity contribution is -0.116. The Hall–Kier alpha value is -1.44. The van der Waals surface area contributed by atoms with Gasteiger partial charge in [-0.15, -0.1) is 0 Å². The summed E-state index contributed by atoms with van der Waals surface area (Å²) in [6.45, 7) is 2.02. The monoisotopic (exact) mass is 313 g/mol. The number of hydrogen-bond donors (Lipinski definition) is 2. The van der Waals surface area contributed by atoms with Crippen LogP contribution in [-0.4, -0.2) is 38.8 Å². The molecule has 3 N–H and O–H groups in total. The van der Waals surface area contributed by atoms with Crippen molar-refractivity contribution < 1.29 is 13.2 Å². The number of nitrogens with two attached hydrogens (primary N) is 1. The molecule has 0 radical (unpaired) electrons. The number of nitrogens with zero attached hydrogens (tertiary/aromatic N) is 1. The largest absolute Gasteiger partial charge is 0.327 e. The zero-order valence-electron chi connectivity index (χ0n) is 12.7. The molecule has 1 unspecified atom stereocenters. The predicted molar refractivity (Wildman–Crippen MR) is 83.4 cm³/mol. The Bertz CT molecular complexity index is 568. The molecule has 21 heavy (non-hydrogen) atoms. The molecule has 6 nitrogen and oxygen atoms in total. The second-order valence-corrected chi connectivity index (χ2v) is 7.26. The molecule has 7 heteroatoms. The molecule has 0 fully saturated rings. The molecule has 0 bridgehead atoms. The van der Waals surface area contributed by atoms with Crippen LogP contribution in [0.1, 0.15) is 26.2 Å². The van der Waals surface area contributed by atoms with Crippen molar-refractivity contribution in [3.63, 3.8) is 0 Å². The molecule has 0 aliphatic carbocycles. The van der Waals surface area contributed by atoms with Crippen molar-refractivity contribution >= 4 is 21.6 Å². The summed E-state index contributed by atoms with van der Waals surface area (Å²) < 4.78 is 25.0. The number of sulfonamides is 1. The number of hydrogen-bond acceptors (Lipinski definition) is 4. The number of amides is 1. The van der Waals surface area contributed by atoms with Crippen LogP contribution in [0.5, 0.6) is 0 Å². The number of nitrogens with one attached hydrogen (secondary N) is 1. The Kier molecular flexibility index (Phi) is 6.32. The van der Waals surface area contributed by atoms with Crippen LogP contribution in [0.4, 0.5) is 5.69 Å². The van der Waals surface area contributed by atoms with Crippen molar-refractivity contribution in [2.45, 2.75) is 37.1 Å². The summed E-state index contributed by atoms with van der Waals surface area (Å²) in [4.78, 5) is 12.0. The molecule has 118 valence electrons. The highest BCUT2D eigenvalue weighted by Crippen LogP contribution is 2.16. The van der Waals surface area contributed by atoms with Gasteiger partial charge < -0.3 is 11.1 Å². The van der Waals surface area contributed by atoms with Crippen LogP contribution in [-0.2, 0) is 14.8 Å². The summed E-state index contributed by atoms with van der Waals surface area (Å²) in [6.07, 6.45) is 1.99. The third-order valence-electron chi connectivity index (χ3n) is 3.02. The molecule has 0 spiro atoms. The van der Waals surface area contributed by atoms with Crippen LogP contribution in [0.15, 0.2) is 29.2 Å². The molecule has 1 rings (SSSR count). The number of carbonyl (C=O) groups is 1. The highest BCUT2D eigenvalue weighted by Gasteiger charge is 2.17. The summed E-state index contributed by atoms with van der Waals surface area (Å²) in [6, 6.07) is 5.93. The zero-order valence-corrected chi connectivity index (χ0v) is 13.5. The maximum atomic E-state index is 11.9. The Morgan fingerprint density at radius 3 is 2.33 bits per heavy atom. The van der Waals surface area contributed by atoms with Crippen LogP contribution in [0.2, 0.25) is 0 Å². The summed E-state index contributed by atoms with van der Waals surface area (Å²) >= 11 is 0. The van der Waals surface area contributed by atoms with Gasteiger partial charge in [-0.3, -0.25) is 4.79 Å². The van der Waals surface area contributed by atoms with E-state index in [4.69, 9.17) is 5.73 Å². The first-order valence-corrected chi connectivity index (χ1v) is 8.29. The summed E-state index contributed by atoms with van der Waals surface area (Å²) in [7, 11) is -0.503. The Balaban J connectivity index is 2.69. The summed E-state index contributed by atoms with van der Waals surface area (Å²) in [5.41, 5.74) is 6.36. The lowest BCUT2D eigenvalue weighted by atomic mass is 10.1. The Morgan fingerprint density at radius 2 is 1.86 bits per heavy atom. The van der Waals surface area contributed by atoms with Crippen molar-refractivity contribution in [2.24, 2.45) is 5.73 Å². The number of carbonyl (C=O) groups excluding carboxylic acids is 1. The highest BCUT2D eigenvalue weighted by atomic mass is 32.2. The molecule has 0 saturated carbocycles. The van der Waals surface area contributed by atoms with E-state index in [2.05, 4.69) is 5.32 Å². The van der Waals surface area contributed by atoms with Gasteiger partial charge in [-0.25, -0.2) is 12.7 Å². The van der Waals surface area contributed by atoms with Gasteiger partial charge in [0.25, 0.3) is 0 Å². The fourth-order valence-corrected chi connectivity index (χ4v) is 2.75. The topological polar surface area (TPSA) is 92.5 Å². The fourth-order valence-electron chi connectivity index (χ4n) is 1.84. The first-order valence-electron chi connectivity index (χ1n) is 6.85. The number of anilines is 1. The molecule has 0 heterocycles. The van der Waals surface area contributed by atoms with E-state index in [0.717, 1.165) is 17.1 Å². The minimum Gasteiger partial charge on any atom is -0.327 e. The molecule has 1 atom stereocenters. The lowest BCUT2D eigenvalue weighted by Crippen LogP contribution is -2.27. The maximum Gasteiger partial charge on any atom is 0.242 e. The van der Waals surface area contributed by atoms with E-state index in [1.807, 2.05) is 6.92 Å². The van der Waals surface area contributed by atoms with E-state index in [9.17, 15) is 13.2 Å². The molecule has 1 aromatic carbocycles. The smallest absolute Gasteiger partial charge is 0.242 e. The summed E-state index contributed by atoms with van der Waals surface area (Å²) in [5.74, 6) is -0.167. The van der Waals surface area contributed by atoms with Gasteiger partial charge in [-0.05, 0) is 30.7 Å². The average molecular weight is 313 g/mol. The van der Waals surface area contributed by atoms with Gasteiger partial charge in [-0.2, -0.15) is 0 Å². The van der Waals surface area contributed by atoms with Crippen molar-refractivity contribution in [2.75, 3.05) is 19.4 Å². The number of benzene rings is 1. The molecule has 0 aromatic heterocycles. The Morgan fingerprint density at radius 1 is 1.29 bits per heavy atom. The second-order valence-electron chi connectivity index (χ2n) is 5.11. The van der Waals surface area contributed by atoms with E-state index in [0.29, 0.717) is 5.69 Å². The normalized spacial score (nSPS) is 13.2. The van der Waals surface area contributed by atoms with Gasteiger partial charge in [-0.1, -0.05) is 13.3 Å². The van der Waals surface area contributed by atoms with Gasteiger partial charge in [0.05, 0.1) is 4.90 Å². The minimum atomic E-state index is -3.45. The standard InChI is InChI=1S/C14H23N3O3S/c1-4-5-11(15)10-14(18)16-12-6-8-13(9-7-12)21(19,20)17(2)3/h6-9,11H,4-5,10,15H2,1-3H3,(H,16,18). The van der Waals surface area contributed by atoms with E-state index in [1.54, 1.807) is 12.1 Å². The first-order chi connectivity index (χ1) is 9.77. The zero-order chi connectivity index (χ0) is 16.0. The maximum absolute atomic E-state index is 11.9. The third-order valence-corrected chi connectivity index (χ3v) is 4.85. The van der Waals surface area contributed by atoms with E-state index < -0.39 is 10.0 Å². The quantitative estimate of drug-likeness (QED) is 0.795. The molecular formula is C14H23N3O3S. The number of rotatable bonds is 7. The van der Waals surface area contributed by atoms with Crippen LogP contribution < -0.4 is 11.1 Å². The SMILES string of the molecule is CCCC(N)CC(=O)Nc1ccc(S(=O)(=O)N(C)C)cc1. The average Bonchev–Trinajstić information content (AvgIpc) is 2.39. The summed E-state index contributed by atoms with van der Waals surface area (Å²) in [5, 5.41) is 2.71. The molecule has 0 saturated heterocycles. The minimum absolute atomic E-state index is 0.150. The molecule has 1 aromatic rings.